The number of carbonyl (C=O) groups excluding carboxylic acids is 1. The van der Waals surface area contributed by atoms with Crippen LogP contribution in [-0.4, -0.2) is 35.1 Å². The molecule has 0 amide bonds. The largest absolute Gasteiger partial charge is 0.497 e. The van der Waals surface area contributed by atoms with Crippen LogP contribution in [0, 0.1) is 0 Å². The van der Waals surface area contributed by atoms with Crippen LogP contribution >= 0.6 is 11.3 Å². The van der Waals surface area contributed by atoms with Gasteiger partial charge in [-0.3, -0.25) is 0 Å². The van der Waals surface area contributed by atoms with E-state index >= 15 is 0 Å². The van der Waals surface area contributed by atoms with E-state index in [1.807, 2.05) is 18.2 Å². The number of benzene rings is 2. The molecule has 0 radical (unpaired) electrons. The topological polar surface area (TPSA) is 121 Å². The number of fused-ring (bicyclic) bond motifs is 1. The van der Waals surface area contributed by atoms with Gasteiger partial charge in [-0.05, 0) is 42.5 Å². The monoisotopic (exact) mass is 423 g/mol. The molecule has 3 N–H and O–H groups in total. The summed E-state index contributed by atoms with van der Waals surface area (Å²) in [5.74, 6) is 1.35. The van der Waals surface area contributed by atoms with Crippen molar-refractivity contribution in [2.75, 3.05) is 25.3 Å². The van der Waals surface area contributed by atoms with Gasteiger partial charge < -0.3 is 25.3 Å². The minimum absolute atomic E-state index is 0.182. The Morgan fingerprint density at radius 3 is 2.57 bits per heavy atom. The van der Waals surface area contributed by atoms with Crippen molar-refractivity contribution < 1.29 is 19.0 Å². The van der Waals surface area contributed by atoms with E-state index < -0.39 is 5.97 Å². The summed E-state index contributed by atoms with van der Waals surface area (Å²) < 4.78 is 16.6. The molecule has 0 fully saturated rings. The van der Waals surface area contributed by atoms with Gasteiger partial charge in [-0.25, -0.2) is 14.8 Å². The number of anilines is 3. The number of hydrogen-bond donors (Lipinski definition) is 2. The van der Waals surface area contributed by atoms with Gasteiger partial charge in [0.2, 0.25) is 5.88 Å². The van der Waals surface area contributed by atoms with E-state index in [-0.39, 0.29) is 11.6 Å². The molecule has 4 aromatic rings. The summed E-state index contributed by atoms with van der Waals surface area (Å²) in [5.41, 5.74) is 7.66. The lowest BCUT2D eigenvalue weighted by Gasteiger charge is -2.10. The maximum atomic E-state index is 11.5. The summed E-state index contributed by atoms with van der Waals surface area (Å²) in [7, 11) is 2.94. The molecule has 152 valence electrons. The number of nitrogen functional groups attached to an aromatic ring is 1. The zero-order valence-electron chi connectivity index (χ0n) is 16.1. The third-order valence-corrected chi connectivity index (χ3v) is 5.09. The Kier molecular flexibility index (Phi) is 5.31. The summed E-state index contributed by atoms with van der Waals surface area (Å²) >= 11 is 1.44. The number of carbonyl (C=O) groups is 1. The molecule has 9 nitrogen and oxygen atoms in total. The van der Waals surface area contributed by atoms with Gasteiger partial charge in [0, 0.05) is 0 Å². The average Bonchev–Trinajstić information content (AvgIpc) is 3.18. The van der Waals surface area contributed by atoms with Gasteiger partial charge in [0.25, 0.3) is 0 Å². The summed E-state index contributed by atoms with van der Waals surface area (Å²) in [6.45, 7) is 0. The Morgan fingerprint density at radius 2 is 1.83 bits per heavy atom. The molecule has 0 spiro atoms. The number of nitrogens with one attached hydrogen (secondary N) is 1. The fraction of sp³-hybridized carbons (Fsp3) is 0.100. The number of rotatable bonds is 6. The lowest BCUT2D eigenvalue weighted by atomic mass is 10.2. The van der Waals surface area contributed by atoms with Gasteiger partial charge >= 0.3 is 5.97 Å². The standard InChI is InChI=1S/C20H17N5O4S/c1-27-13-7-8-14-15(9-13)30-20(24-14)25-17-16(21)18(23-10-22-17)29-12-5-3-11(4-6-12)19(26)28-2/h3-10H,21H2,1-2H3,(H,22,23,24,25). The van der Waals surface area contributed by atoms with Crippen LogP contribution in [-0.2, 0) is 4.74 Å². The molecule has 0 unspecified atom stereocenters. The number of hydrogen-bond acceptors (Lipinski definition) is 10. The minimum atomic E-state index is -0.428. The van der Waals surface area contributed by atoms with Gasteiger partial charge in [0.1, 0.15) is 23.5 Å². The molecule has 10 heteroatoms. The highest BCUT2D eigenvalue weighted by atomic mass is 32.1. The first-order valence-corrected chi connectivity index (χ1v) is 9.57. The summed E-state index contributed by atoms with van der Waals surface area (Å²) in [5, 5.41) is 3.73. The highest BCUT2D eigenvalue weighted by molar-refractivity contribution is 7.22. The second-order valence-corrected chi connectivity index (χ2v) is 7.07. The highest BCUT2D eigenvalue weighted by Gasteiger charge is 2.14. The van der Waals surface area contributed by atoms with Crippen molar-refractivity contribution in [2.45, 2.75) is 0 Å². The van der Waals surface area contributed by atoms with E-state index in [0.29, 0.717) is 22.3 Å². The van der Waals surface area contributed by atoms with Crippen molar-refractivity contribution in [1.29, 1.82) is 0 Å². The summed E-state index contributed by atoms with van der Waals surface area (Å²) in [6, 6.07) is 12.1. The van der Waals surface area contributed by atoms with Crippen LogP contribution in [0.3, 0.4) is 0 Å². The van der Waals surface area contributed by atoms with Crippen molar-refractivity contribution in [1.82, 2.24) is 15.0 Å². The van der Waals surface area contributed by atoms with E-state index in [0.717, 1.165) is 16.0 Å². The molecule has 0 saturated heterocycles. The molecule has 4 rings (SSSR count). The predicted molar refractivity (Wildman–Crippen MR) is 114 cm³/mol. The second kappa shape index (κ2) is 8.21. The Labute approximate surface area is 175 Å². The van der Waals surface area contributed by atoms with Crippen molar-refractivity contribution in [2.24, 2.45) is 0 Å². The second-order valence-electron chi connectivity index (χ2n) is 6.04. The highest BCUT2D eigenvalue weighted by Crippen LogP contribution is 2.34. The smallest absolute Gasteiger partial charge is 0.337 e. The van der Waals surface area contributed by atoms with Gasteiger partial charge in [0.15, 0.2) is 10.9 Å². The van der Waals surface area contributed by atoms with Crippen molar-refractivity contribution in [3.8, 4) is 17.4 Å². The number of ether oxygens (including phenoxy) is 3. The SMILES string of the molecule is COC(=O)c1ccc(Oc2ncnc(Nc3nc4ccc(OC)cc4s3)c2N)cc1. The molecule has 2 aromatic heterocycles. The van der Waals surface area contributed by atoms with Crippen LogP contribution in [0.15, 0.2) is 48.8 Å². The van der Waals surface area contributed by atoms with E-state index in [1.54, 1.807) is 31.4 Å². The zero-order valence-corrected chi connectivity index (χ0v) is 16.9. The Morgan fingerprint density at radius 1 is 1.07 bits per heavy atom. The van der Waals surface area contributed by atoms with Gasteiger partial charge in [-0.1, -0.05) is 11.3 Å². The first-order chi connectivity index (χ1) is 14.6. The van der Waals surface area contributed by atoms with E-state index in [2.05, 4.69) is 25.0 Å². The van der Waals surface area contributed by atoms with Crippen LogP contribution in [0.25, 0.3) is 10.2 Å². The van der Waals surface area contributed by atoms with Crippen LogP contribution in [0.1, 0.15) is 10.4 Å². The van der Waals surface area contributed by atoms with Gasteiger partial charge in [0.05, 0.1) is 30.0 Å². The molecule has 30 heavy (non-hydrogen) atoms. The lowest BCUT2D eigenvalue weighted by Crippen LogP contribution is -2.03. The zero-order chi connectivity index (χ0) is 21.1. The fourth-order valence-corrected chi connectivity index (χ4v) is 3.53. The first-order valence-electron chi connectivity index (χ1n) is 8.75. The normalized spacial score (nSPS) is 10.6. The van der Waals surface area contributed by atoms with Crippen LogP contribution in [0.5, 0.6) is 17.4 Å². The number of esters is 1. The number of nitrogens with zero attached hydrogens (tertiary/aromatic N) is 3. The summed E-state index contributed by atoms with van der Waals surface area (Å²) in [6.07, 6.45) is 1.34. The molecule has 0 aliphatic rings. The van der Waals surface area contributed by atoms with E-state index in [9.17, 15) is 4.79 Å². The molecule has 0 aliphatic carbocycles. The maximum absolute atomic E-state index is 11.5. The van der Waals surface area contributed by atoms with Crippen LogP contribution in [0.2, 0.25) is 0 Å². The molecule has 0 bridgehead atoms. The molecule has 0 aliphatic heterocycles. The third-order valence-electron chi connectivity index (χ3n) is 4.16. The summed E-state index contributed by atoms with van der Waals surface area (Å²) in [4.78, 5) is 24.3. The van der Waals surface area contributed by atoms with Crippen molar-refractivity contribution in [3.63, 3.8) is 0 Å². The number of thiazole rings is 1. The quantitative estimate of drug-likeness (QED) is 0.443. The first kappa shape index (κ1) is 19.4. The van der Waals surface area contributed by atoms with E-state index in [1.165, 1.54) is 24.8 Å². The Bertz CT molecular complexity index is 1210. The number of methoxy groups -OCH3 is 2. The molecule has 2 aromatic carbocycles. The molecular weight excluding hydrogens is 406 g/mol. The predicted octanol–water partition coefficient (Wildman–Crippen LogP) is 4.00. The van der Waals surface area contributed by atoms with Gasteiger partial charge in [-0.2, -0.15) is 4.98 Å². The Balaban J connectivity index is 1.55. The van der Waals surface area contributed by atoms with Crippen LogP contribution < -0.4 is 20.5 Å². The average molecular weight is 423 g/mol. The van der Waals surface area contributed by atoms with E-state index in [4.69, 9.17) is 15.2 Å². The molecule has 2 heterocycles. The van der Waals surface area contributed by atoms with Crippen molar-refractivity contribution in [3.05, 3.63) is 54.4 Å². The minimum Gasteiger partial charge on any atom is -0.497 e. The Hall–Kier alpha value is -3.92. The van der Waals surface area contributed by atoms with Gasteiger partial charge in [-0.15, -0.1) is 0 Å². The molecular formula is C20H17N5O4S. The maximum Gasteiger partial charge on any atom is 0.337 e. The number of aromatic nitrogens is 3. The number of nitrogens with two attached hydrogens (primary N) is 1. The molecule has 0 atom stereocenters. The molecule has 0 saturated carbocycles. The lowest BCUT2D eigenvalue weighted by molar-refractivity contribution is 0.0600. The van der Waals surface area contributed by atoms with Crippen molar-refractivity contribution >= 4 is 44.2 Å². The fourth-order valence-electron chi connectivity index (χ4n) is 2.64. The van der Waals surface area contributed by atoms with Crippen LogP contribution in [0.4, 0.5) is 16.6 Å². The third kappa shape index (κ3) is 3.94.